The lowest BCUT2D eigenvalue weighted by molar-refractivity contribution is -0.125. The first-order chi connectivity index (χ1) is 7.69. The first-order valence-electron chi connectivity index (χ1n) is 6.69. The monoisotopic (exact) mass is 226 g/mol. The van der Waals surface area contributed by atoms with Crippen LogP contribution in [0.25, 0.3) is 0 Å². The molecule has 0 heterocycles. The second kappa shape index (κ2) is 6.89. The van der Waals surface area contributed by atoms with E-state index in [0.29, 0.717) is 18.5 Å². The molecule has 3 N–H and O–H groups in total. The first kappa shape index (κ1) is 13.5. The van der Waals surface area contributed by atoms with Gasteiger partial charge in [-0.15, -0.1) is 0 Å². The molecule has 2 atom stereocenters. The number of rotatable bonds is 5. The smallest absolute Gasteiger partial charge is 0.224 e. The summed E-state index contributed by atoms with van der Waals surface area (Å²) in [5, 5.41) is 3.13. The van der Waals surface area contributed by atoms with E-state index in [1.807, 2.05) is 6.92 Å². The van der Waals surface area contributed by atoms with Crippen LogP contribution in [0.5, 0.6) is 0 Å². The number of carbonyl (C=O) groups is 1. The Bertz CT molecular complexity index is 208. The van der Waals surface area contributed by atoms with Crippen molar-refractivity contribution in [1.82, 2.24) is 5.32 Å². The van der Waals surface area contributed by atoms with Crippen molar-refractivity contribution in [3.8, 4) is 0 Å². The van der Waals surface area contributed by atoms with Gasteiger partial charge in [0, 0.05) is 18.5 Å². The van der Waals surface area contributed by atoms with E-state index in [-0.39, 0.29) is 11.8 Å². The number of carbonyl (C=O) groups excluding carboxylic acids is 1. The number of hydrogen-bond acceptors (Lipinski definition) is 2. The van der Waals surface area contributed by atoms with Gasteiger partial charge in [0.2, 0.25) is 5.91 Å². The molecule has 1 rings (SSSR count). The maximum absolute atomic E-state index is 11.9. The Kier molecular flexibility index (Phi) is 5.81. The molecule has 1 aliphatic rings. The van der Waals surface area contributed by atoms with E-state index in [1.165, 1.54) is 32.1 Å². The number of amides is 1. The zero-order valence-corrected chi connectivity index (χ0v) is 10.7. The lowest BCUT2D eigenvalue weighted by atomic mass is 9.84. The topological polar surface area (TPSA) is 55.1 Å². The predicted octanol–water partition coefficient (Wildman–Crippen LogP) is 2.06. The van der Waals surface area contributed by atoms with Gasteiger partial charge in [-0.1, -0.05) is 26.2 Å². The van der Waals surface area contributed by atoms with E-state index in [0.717, 1.165) is 6.42 Å². The van der Waals surface area contributed by atoms with E-state index in [1.54, 1.807) is 0 Å². The Morgan fingerprint density at radius 1 is 1.38 bits per heavy atom. The van der Waals surface area contributed by atoms with Crippen LogP contribution in [0.2, 0.25) is 0 Å². The van der Waals surface area contributed by atoms with Gasteiger partial charge in [-0.05, 0) is 32.1 Å². The fourth-order valence-electron chi connectivity index (χ4n) is 2.55. The average Bonchev–Trinajstić information content (AvgIpc) is 2.31. The summed E-state index contributed by atoms with van der Waals surface area (Å²) in [6.07, 6.45) is 7.36. The Balaban J connectivity index is 2.36. The molecule has 1 unspecified atom stereocenters. The van der Waals surface area contributed by atoms with Crippen LogP contribution in [0.1, 0.15) is 52.4 Å². The molecule has 0 saturated heterocycles. The van der Waals surface area contributed by atoms with Crippen LogP contribution in [0, 0.1) is 11.8 Å². The molecule has 0 aromatic carbocycles. The number of nitrogens with one attached hydrogen (secondary N) is 1. The van der Waals surface area contributed by atoms with E-state index in [9.17, 15) is 4.79 Å². The summed E-state index contributed by atoms with van der Waals surface area (Å²) < 4.78 is 0. The van der Waals surface area contributed by atoms with E-state index < -0.39 is 0 Å². The molecule has 0 aromatic heterocycles. The van der Waals surface area contributed by atoms with Crippen molar-refractivity contribution in [2.24, 2.45) is 17.6 Å². The van der Waals surface area contributed by atoms with Gasteiger partial charge in [0.05, 0.1) is 0 Å². The highest BCUT2D eigenvalue weighted by Gasteiger charge is 2.23. The minimum Gasteiger partial charge on any atom is -0.353 e. The van der Waals surface area contributed by atoms with Crippen molar-refractivity contribution in [2.45, 2.75) is 58.4 Å². The Labute approximate surface area is 99.2 Å². The largest absolute Gasteiger partial charge is 0.353 e. The molecule has 3 heteroatoms. The van der Waals surface area contributed by atoms with Crippen molar-refractivity contribution >= 4 is 5.91 Å². The number of nitrogens with two attached hydrogens (primary N) is 1. The molecule has 94 valence electrons. The maximum Gasteiger partial charge on any atom is 0.224 e. The summed E-state index contributed by atoms with van der Waals surface area (Å²) in [4.78, 5) is 11.9. The molecule has 0 spiro atoms. The zero-order valence-electron chi connectivity index (χ0n) is 10.7. The van der Waals surface area contributed by atoms with Crippen LogP contribution in [-0.4, -0.2) is 18.5 Å². The summed E-state index contributed by atoms with van der Waals surface area (Å²) in [6, 6.07) is 0.313. The standard InChI is InChI=1S/C13H26N2O/c1-3-11(9-14)13(16)15-10(2)12-7-5-4-6-8-12/h10-12H,3-9,14H2,1-2H3,(H,15,16)/t10-,11?/m1/s1. The number of hydrogen-bond donors (Lipinski definition) is 2. The first-order valence-corrected chi connectivity index (χ1v) is 6.69. The minimum atomic E-state index is -0.00830. The van der Waals surface area contributed by atoms with Crippen molar-refractivity contribution in [3.63, 3.8) is 0 Å². The molecule has 1 fully saturated rings. The Morgan fingerprint density at radius 2 is 2.00 bits per heavy atom. The molecule has 0 radical (unpaired) electrons. The summed E-state index contributed by atoms with van der Waals surface area (Å²) in [6.45, 7) is 4.61. The molecule has 1 saturated carbocycles. The molecule has 1 amide bonds. The third-order valence-electron chi connectivity index (χ3n) is 3.87. The van der Waals surface area contributed by atoms with Crippen LogP contribution in [0.15, 0.2) is 0 Å². The van der Waals surface area contributed by atoms with Gasteiger partial charge in [-0.25, -0.2) is 0 Å². The molecular weight excluding hydrogens is 200 g/mol. The van der Waals surface area contributed by atoms with Crippen LogP contribution < -0.4 is 11.1 Å². The van der Waals surface area contributed by atoms with Gasteiger partial charge >= 0.3 is 0 Å². The van der Waals surface area contributed by atoms with Crippen LogP contribution in [-0.2, 0) is 4.79 Å². The normalized spacial score (nSPS) is 21.4. The van der Waals surface area contributed by atoms with Gasteiger partial charge in [0.1, 0.15) is 0 Å². The lowest BCUT2D eigenvalue weighted by Crippen LogP contribution is -2.43. The summed E-state index contributed by atoms with van der Waals surface area (Å²) in [5.74, 6) is 0.807. The molecule has 0 aromatic rings. The molecular formula is C13H26N2O. The maximum atomic E-state index is 11.9. The molecule has 0 bridgehead atoms. The van der Waals surface area contributed by atoms with Crippen LogP contribution in [0.4, 0.5) is 0 Å². The predicted molar refractivity (Wildman–Crippen MR) is 67.0 cm³/mol. The van der Waals surface area contributed by atoms with Crippen LogP contribution in [0.3, 0.4) is 0 Å². The lowest BCUT2D eigenvalue weighted by Gasteiger charge is -2.29. The van der Waals surface area contributed by atoms with Crippen molar-refractivity contribution in [2.75, 3.05) is 6.54 Å². The van der Waals surface area contributed by atoms with E-state index in [2.05, 4.69) is 12.2 Å². The van der Waals surface area contributed by atoms with Gasteiger partial charge in [0.25, 0.3) is 0 Å². The van der Waals surface area contributed by atoms with Crippen molar-refractivity contribution in [3.05, 3.63) is 0 Å². The fourth-order valence-corrected chi connectivity index (χ4v) is 2.55. The van der Waals surface area contributed by atoms with Gasteiger partial charge in [-0.2, -0.15) is 0 Å². The van der Waals surface area contributed by atoms with Gasteiger partial charge < -0.3 is 11.1 Å². The molecule has 3 nitrogen and oxygen atoms in total. The molecule has 0 aliphatic heterocycles. The third-order valence-corrected chi connectivity index (χ3v) is 3.87. The summed E-state index contributed by atoms with van der Waals surface area (Å²) in [5.41, 5.74) is 5.58. The SMILES string of the molecule is CCC(CN)C(=O)N[C@H](C)C1CCCCC1. The quantitative estimate of drug-likeness (QED) is 0.754. The zero-order chi connectivity index (χ0) is 12.0. The van der Waals surface area contributed by atoms with E-state index >= 15 is 0 Å². The van der Waals surface area contributed by atoms with Gasteiger partial charge in [0.15, 0.2) is 0 Å². The summed E-state index contributed by atoms with van der Waals surface area (Å²) in [7, 11) is 0. The van der Waals surface area contributed by atoms with E-state index in [4.69, 9.17) is 5.73 Å². The second-order valence-corrected chi connectivity index (χ2v) is 5.04. The Morgan fingerprint density at radius 3 is 2.50 bits per heavy atom. The minimum absolute atomic E-state index is 0.00830. The highest BCUT2D eigenvalue weighted by molar-refractivity contribution is 5.79. The van der Waals surface area contributed by atoms with Crippen molar-refractivity contribution in [1.29, 1.82) is 0 Å². The average molecular weight is 226 g/mol. The fraction of sp³-hybridized carbons (Fsp3) is 0.923. The third kappa shape index (κ3) is 3.78. The second-order valence-electron chi connectivity index (χ2n) is 5.04. The van der Waals surface area contributed by atoms with Gasteiger partial charge in [-0.3, -0.25) is 4.79 Å². The van der Waals surface area contributed by atoms with Crippen LogP contribution >= 0.6 is 0 Å². The molecule has 1 aliphatic carbocycles. The highest BCUT2D eigenvalue weighted by atomic mass is 16.1. The van der Waals surface area contributed by atoms with Crippen molar-refractivity contribution < 1.29 is 4.79 Å². The molecule has 16 heavy (non-hydrogen) atoms. The summed E-state index contributed by atoms with van der Waals surface area (Å²) >= 11 is 0. The highest BCUT2D eigenvalue weighted by Crippen LogP contribution is 2.26. The Hall–Kier alpha value is -0.570.